The summed E-state index contributed by atoms with van der Waals surface area (Å²) < 4.78 is 0. The number of nitrogens with one attached hydrogen (secondary N) is 1. The molecule has 2 fully saturated rings. The molecular formula is C17H34N2. The standard InChI is InChI=1S/C17H34N2/c1-4-15-13-18-17(3,5-2)14-19(15)16-11-9-7-6-8-10-12-16/h15-16,18H,4-14H2,1-3H3. The lowest BCUT2D eigenvalue weighted by atomic mass is 9.88. The Kier molecular flexibility index (Phi) is 5.70. The van der Waals surface area contributed by atoms with Gasteiger partial charge in [-0.25, -0.2) is 0 Å². The highest BCUT2D eigenvalue weighted by molar-refractivity contribution is 4.96. The first kappa shape index (κ1) is 15.3. The Balaban J connectivity index is 2.03. The molecule has 1 aliphatic heterocycles. The van der Waals surface area contributed by atoms with Crippen LogP contribution >= 0.6 is 0 Å². The molecule has 2 rings (SSSR count). The van der Waals surface area contributed by atoms with E-state index >= 15 is 0 Å². The van der Waals surface area contributed by atoms with Gasteiger partial charge in [-0.3, -0.25) is 4.90 Å². The summed E-state index contributed by atoms with van der Waals surface area (Å²) in [7, 11) is 0. The van der Waals surface area contributed by atoms with Crippen LogP contribution in [0.15, 0.2) is 0 Å². The molecule has 0 bridgehead atoms. The molecule has 1 saturated carbocycles. The summed E-state index contributed by atoms with van der Waals surface area (Å²) in [6, 6.07) is 1.63. The minimum Gasteiger partial charge on any atom is -0.309 e. The monoisotopic (exact) mass is 266 g/mol. The van der Waals surface area contributed by atoms with Crippen LogP contribution in [0.5, 0.6) is 0 Å². The van der Waals surface area contributed by atoms with Crippen molar-refractivity contribution in [3.8, 4) is 0 Å². The number of hydrogen-bond donors (Lipinski definition) is 1. The van der Waals surface area contributed by atoms with Crippen molar-refractivity contribution < 1.29 is 0 Å². The summed E-state index contributed by atoms with van der Waals surface area (Å²) in [6.07, 6.45) is 12.7. The van der Waals surface area contributed by atoms with E-state index in [9.17, 15) is 0 Å². The third-order valence-electron chi connectivity index (χ3n) is 5.56. The van der Waals surface area contributed by atoms with Crippen LogP contribution in [0, 0.1) is 0 Å². The first-order valence-electron chi connectivity index (χ1n) is 8.69. The number of rotatable bonds is 3. The minimum atomic E-state index is 0.341. The summed E-state index contributed by atoms with van der Waals surface area (Å²) in [6.45, 7) is 9.55. The lowest BCUT2D eigenvalue weighted by Gasteiger charge is -2.49. The third kappa shape index (κ3) is 3.95. The molecular weight excluding hydrogens is 232 g/mol. The van der Waals surface area contributed by atoms with Gasteiger partial charge in [-0.15, -0.1) is 0 Å². The van der Waals surface area contributed by atoms with Gasteiger partial charge in [0.15, 0.2) is 0 Å². The van der Waals surface area contributed by atoms with E-state index < -0.39 is 0 Å². The largest absolute Gasteiger partial charge is 0.309 e. The van der Waals surface area contributed by atoms with Crippen LogP contribution in [0.3, 0.4) is 0 Å². The van der Waals surface area contributed by atoms with Crippen LogP contribution in [0.1, 0.15) is 78.6 Å². The van der Waals surface area contributed by atoms with Crippen molar-refractivity contribution in [3.63, 3.8) is 0 Å². The quantitative estimate of drug-likeness (QED) is 0.832. The molecule has 0 spiro atoms. The lowest BCUT2D eigenvalue weighted by molar-refractivity contribution is 0.0334. The molecule has 2 aliphatic rings. The molecule has 0 radical (unpaired) electrons. The fourth-order valence-electron chi connectivity index (χ4n) is 3.88. The zero-order valence-corrected chi connectivity index (χ0v) is 13.4. The molecule has 0 aromatic rings. The second-order valence-electron chi connectivity index (χ2n) is 7.03. The molecule has 0 amide bonds. The van der Waals surface area contributed by atoms with Crippen molar-refractivity contribution in [2.24, 2.45) is 0 Å². The summed E-state index contributed by atoms with van der Waals surface area (Å²) in [5.41, 5.74) is 0.341. The smallest absolute Gasteiger partial charge is 0.0278 e. The predicted molar refractivity (Wildman–Crippen MR) is 83.6 cm³/mol. The Morgan fingerprint density at radius 3 is 2.26 bits per heavy atom. The van der Waals surface area contributed by atoms with Crippen LogP contribution in [0.25, 0.3) is 0 Å². The summed E-state index contributed by atoms with van der Waals surface area (Å²) in [5.74, 6) is 0. The molecule has 2 nitrogen and oxygen atoms in total. The molecule has 1 saturated heterocycles. The average molecular weight is 266 g/mol. The van der Waals surface area contributed by atoms with Crippen LogP contribution in [0.4, 0.5) is 0 Å². The normalized spacial score (nSPS) is 35.8. The Labute approximate surface area is 120 Å². The molecule has 1 heterocycles. The number of hydrogen-bond acceptors (Lipinski definition) is 2. The Hall–Kier alpha value is -0.0800. The summed E-state index contributed by atoms with van der Waals surface area (Å²) >= 11 is 0. The van der Waals surface area contributed by atoms with Gasteiger partial charge in [-0.2, -0.15) is 0 Å². The van der Waals surface area contributed by atoms with Gasteiger partial charge >= 0.3 is 0 Å². The van der Waals surface area contributed by atoms with Crippen LogP contribution < -0.4 is 5.32 Å². The van der Waals surface area contributed by atoms with Gasteiger partial charge in [0.1, 0.15) is 0 Å². The fourth-order valence-corrected chi connectivity index (χ4v) is 3.88. The molecule has 1 N–H and O–H groups in total. The van der Waals surface area contributed by atoms with Crippen LogP contribution in [-0.2, 0) is 0 Å². The SMILES string of the molecule is CCC1CNC(C)(CC)CN1C1CCCCCCC1. The van der Waals surface area contributed by atoms with Gasteiger partial charge < -0.3 is 5.32 Å². The van der Waals surface area contributed by atoms with Crippen molar-refractivity contribution in [2.45, 2.75) is 96.2 Å². The van der Waals surface area contributed by atoms with Crippen molar-refractivity contribution in [1.29, 1.82) is 0 Å². The minimum absolute atomic E-state index is 0.341. The van der Waals surface area contributed by atoms with Crippen LogP contribution in [-0.4, -0.2) is 35.6 Å². The maximum absolute atomic E-state index is 3.80. The van der Waals surface area contributed by atoms with E-state index in [0.717, 1.165) is 12.1 Å². The van der Waals surface area contributed by atoms with Gasteiger partial charge in [-0.1, -0.05) is 46.0 Å². The highest BCUT2D eigenvalue weighted by Crippen LogP contribution is 2.28. The Morgan fingerprint density at radius 2 is 1.68 bits per heavy atom. The summed E-state index contributed by atoms with van der Waals surface area (Å²) in [4.78, 5) is 2.88. The van der Waals surface area contributed by atoms with Gasteiger partial charge in [0.05, 0.1) is 0 Å². The third-order valence-corrected chi connectivity index (χ3v) is 5.56. The van der Waals surface area contributed by atoms with Gasteiger partial charge in [0.2, 0.25) is 0 Å². The molecule has 0 aromatic carbocycles. The first-order chi connectivity index (χ1) is 9.18. The second-order valence-corrected chi connectivity index (χ2v) is 7.03. The van der Waals surface area contributed by atoms with Gasteiger partial charge in [0.25, 0.3) is 0 Å². The van der Waals surface area contributed by atoms with E-state index in [1.807, 2.05) is 0 Å². The number of nitrogens with zero attached hydrogens (tertiary/aromatic N) is 1. The Morgan fingerprint density at radius 1 is 1.05 bits per heavy atom. The maximum Gasteiger partial charge on any atom is 0.0278 e. The average Bonchev–Trinajstić information content (AvgIpc) is 2.38. The molecule has 1 aliphatic carbocycles. The van der Waals surface area contributed by atoms with E-state index in [0.29, 0.717) is 5.54 Å². The van der Waals surface area contributed by atoms with Crippen molar-refractivity contribution in [1.82, 2.24) is 10.2 Å². The number of piperazine rings is 1. The molecule has 0 aromatic heterocycles. The van der Waals surface area contributed by atoms with Gasteiger partial charge in [-0.05, 0) is 32.6 Å². The predicted octanol–water partition coefficient (Wildman–Crippen LogP) is 3.95. The lowest BCUT2D eigenvalue weighted by Crippen LogP contribution is -2.64. The first-order valence-corrected chi connectivity index (χ1v) is 8.69. The highest BCUT2D eigenvalue weighted by Gasteiger charge is 2.36. The van der Waals surface area contributed by atoms with Crippen molar-refractivity contribution in [2.75, 3.05) is 13.1 Å². The molecule has 2 unspecified atom stereocenters. The maximum atomic E-state index is 3.80. The summed E-state index contributed by atoms with van der Waals surface area (Å²) in [5, 5.41) is 3.80. The van der Waals surface area contributed by atoms with Gasteiger partial charge in [0, 0.05) is 30.7 Å². The van der Waals surface area contributed by atoms with Crippen LogP contribution in [0.2, 0.25) is 0 Å². The van der Waals surface area contributed by atoms with E-state index in [1.165, 1.54) is 70.9 Å². The molecule has 112 valence electrons. The second kappa shape index (κ2) is 7.08. The Bertz CT molecular complexity index is 258. The molecule has 2 atom stereocenters. The molecule has 2 heteroatoms. The topological polar surface area (TPSA) is 15.3 Å². The van der Waals surface area contributed by atoms with E-state index in [-0.39, 0.29) is 0 Å². The fraction of sp³-hybridized carbons (Fsp3) is 1.00. The van der Waals surface area contributed by atoms with E-state index in [4.69, 9.17) is 0 Å². The molecule has 19 heavy (non-hydrogen) atoms. The zero-order valence-electron chi connectivity index (χ0n) is 13.4. The van der Waals surface area contributed by atoms with Crippen molar-refractivity contribution >= 4 is 0 Å². The highest BCUT2D eigenvalue weighted by atomic mass is 15.3. The van der Waals surface area contributed by atoms with E-state index in [1.54, 1.807) is 0 Å². The van der Waals surface area contributed by atoms with Crippen molar-refractivity contribution in [3.05, 3.63) is 0 Å². The zero-order chi connectivity index (χ0) is 13.7. The van der Waals surface area contributed by atoms with E-state index in [2.05, 4.69) is 31.0 Å².